The molecule has 116 valence electrons. The minimum Gasteiger partial charge on any atom is -0.380 e. The van der Waals surface area contributed by atoms with Gasteiger partial charge >= 0.3 is 6.18 Å². The van der Waals surface area contributed by atoms with Gasteiger partial charge in [-0.15, -0.1) is 0 Å². The average Bonchev–Trinajstić information content (AvgIpc) is 2.85. The first-order valence-corrected chi connectivity index (χ1v) is 6.92. The summed E-state index contributed by atoms with van der Waals surface area (Å²) in [5, 5.41) is 0. The molecule has 0 N–H and O–H groups in total. The highest BCUT2D eigenvalue weighted by Crippen LogP contribution is 2.35. The van der Waals surface area contributed by atoms with Crippen molar-refractivity contribution in [1.29, 1.82) is 0 Å². The fourth-order valence-corrected chi connectivity index (χ4v) is 2.71. The van der Waals surface area contributed by atoms with Crippen LogP contribution < -0.4 is 0 Å². The molecular weight excluding hydrogens is 358 g/mol. The number of nitrogens with zero attached hydrogens (tertiary/aromatic N) is 1. The number of carbonyl (C=O) groups excluding carboxylic acids is 1. The van der Waals surface area contributed by atoms with Crippen molar-refractivity contribution < 1.29 is 27.1 Å². The molecule has 1 aromatic rings. The van der Waals surface area contributed by atoms with E-state index in [-0.39, 0.29) is 17.1 Å². The van der Waals surface area contributed by atoms with E-state index in [1.54, 1.807) is 0 Å². The first-order chi connectivity index (χ1) is 9.75. The Kier molecular flexibility index (Phi) is 4.57. The molecule has 0 bridgehead atoms. The maximum atomic E-state index is 14.1. The summed E-state index contributed by atoms with van der Waals surface area (Å²) in [6, 6.07) is 1.64. The SMILES string of the molecule is CO[C@H]1CCN(C(=O)c2c(Br)ccc(C(F)(F)F)c2F)C1. The quantitative estimate of drug-likeness (QED) is 0.747. The van der Waals surface area contributed by atoms with Gasteiger partial charge in [-0.3, -0.25) is 4.79 Å². The minimum atomic E-state index is -4.85. The molecule has 1 atom stereocenters. The van der Waals surface area contributed by atoms with Crippen molar-refractivity contribution in [2.75, 3.05) is 20.2 Å². The summed E-state index contributed by atoms with van der Waals surface area (Å²) in [5.74, 6) is -2.33. The molecule has 8 heteroatoms. The summed E-state index contributed by atoms with van der Waals surface area (Å²) >= 11 is 2.94. The summed E-state index contributed by atoms with van der Waals surface area (Å²) in [7, 11) is 1.49. The van der Waals surface area contributed by atoms with Crippen molar-refractivity contribution in [1.82, 2.24) is 4.90 Å². The number of benzene rings is 1. The number of hydrogen-bond donors (Lipinski definition) is 0. The fourth-order valence-electron chi connectivity index (χ4n) is 2.23. The Labute approximate surface area is 127 Å². The molecule has 1 saturated heterocycles. The zero-order valence-corrected chi connectivity index (χ0v) is 12.6. The Balaban J connectivity index is 2.37. The van der Waals surface area contributed by atoms with Gasteiger partial charge in [0.15, 0.2) is 0 Å². The second-order valence-electron chi connectivity index (χ2n) is 4.68. The molecule has 1 aliphatic rings. The molecule has 0 unspecified atom stereocenters. The molecule has 0 saturated carbocycles. The summed E-state index contributed by atoms with van der Waals surface area (Å²) in [5.41, 5.74) is -2.04. The summed E-state index contributed by atoms with van der Waals surface area (Å²) in [6.45, 7) is 0.553. The Morgan fingerprint density at radius 1 is 1.43 bits per heavy atom. The zero-order chi connectivity index (χ0) is 15.8. The maximum Gasteiger partial charge on any atom is 0.419 e. The van der Waals surface area contributed by atoms with Gasteiger partial charge < -0.3 is 9.64 Å². The second-order valence-corrected chi connectivity index (χ2v) is 5.53. The second kappa shape index (κ2) is 5.92. The lowest BCUT2D eigenvalue weighted by Gasteiger charge is -2.19. The van der Waals surface area contributed by atoms with Crippen molar-refractivity contribution in [2.24, 2.45) is 0 Å². The van der Waals surface area contributed by atoms with E-state index in [4.69, 9.17) is 4.74 Å². The predicted molar refractivity (Wildman–Crippen MR) is 70.4 cm³/mol. The van der Waals surface area contributed by atoms with Gasteiger partial charge in [-0.1, -0.05) is 0 Å². The highest BCUT2D eigenvalue weighted by atomic mass is 79.9. The van der Waals surface area contributed by atoms with E-state index >= 15 is 0 Å². The monoisotopic (exact) mass is 369 g/mol. The third-order valence-corrected chi connectivity index (χ3v) is 4.04. The molecule has 1 fully saturated rings. The van der Waals surface area contributed by atoms with Crippen molar-refractivity contribution in [3.05, 3.63) is 33.5 Å². The predicted octanol–water partition coefficient (Wildman–Crippen LogP) is 3.47. The molecule has 0 radical (unpaired) electrons. The van der Waals surface area contributed by atoms with Crippen LogP contribution in [0.15, 0.2) is 16.6 Å². The molecule has 0 aliphatic carbocycles. The van der Waals surface area contributed by atoms with Gasteiger partial charge in [0.1, 0.15) is 5.82 Å². The number of ether oxygens (including phenoxy) is 1. The van der Waals surface area contributed by atoms with Gasteiger partial charge in [0.05, 0.1) is 17.2 Å². The molecule has 1 heterocycles. The largest absolute Gasteiger partial charge is 0.419 e. The lowest BCUT2D eigenvalue weighted by atomic mass is 10.1. The van der Waals surface area contributed by atoms with E-state index in [0.29, 0.717) is 19.0 Å². The lowest BCUT2D eigenvalue weighted by molar-refractivity contribution is -0.140. The topological polar surface area (TPSA) is 29.5 Å². The van der Waals surface area contributed by atoms with Crippen molar-refractivity contribution >= 4 is 21.8 Å². The number of amides is 1. The molecule has 1 aliphatic heterocycles. The Morgan fingerprint density at radius 3 is 2.62 bits per heavy atom. The van der Waals surface area contributed by atoms with Crippen LogP contribution in [-0.4, -0.2) is 37.1 Å². The van der Waals surface area contributed by atoms with Gasteiger partial charge in [0.25, 0.3) is 5.91 Å². The van der Waals surface area contributed by atoms with E-state index in [9.17, 15) is 22.4 Å². The van der Waals surface area contributed by atoms with Crippen LogP contribution in [0.5, 0.6) is 0 Å². The van der Waals surface area contributed by atoms with E-state index in [2.05, 4.69) is 15.9 Å². The normalized spacial score (nSPS) is 19.1. The van der Waals surface area contributed by atoms with Gasteiger partial charge in [-0.2, -0.15) is 13.2 Å². The van der Waals surface area contributed by atoms with Crippen LogP contribution in [0.1, 0.15) is 22.3 Å². The van der Waals surface area contributed by atoms with E-state index in [1.807, 2.05) is 0 Å². The van der Waals surface area contributed by atoms with Crippen molar-refractivity contribution in [3.8, 4) is 0 Å². The fraction of sp³-hybridized carbons (Fsp3) is 0.462. The smallest absolute Gasteiger partial charge is 0.380 e. The van der Waals surface area contributed by atoms with Crippen LogP contribution in [0.25, 0.3) is 0 Å². The number of alkyl halides is 3. The van der Waals surface area contributed by atoms with Gasteiger partial charge in [0, 0.05) is 24.7 Å². The Hall–Kier alpha value is -1.15. The average molecular weight is 370 g/mol. The Bertz CT molecular complexity index is 562. The lowest BCUT2D eigenvalue weighted by Crippen LogP contribution is -2.31. The third kappa shape index (κ3) is 3.21. The van der Waals surface area contributed by atoms with Crippen LogP contribution in [-0.2, 0) is 10.9 Å². The van der Waals surface area contributed by atoms with E-state index < -0.39 is 29.0 Å². The molecule has 1 aromatic carbocycles. The third-order valence-electron chi connectivity index (χ3n) is 3.38. The molecule has 3 nitrogen and oxygen atoms in total. The number of halogens is 5. The first-order valence-electron chi connectivity index (χ1n) is 6.13. The summed E-state index contributed by atoms with van der Waals surface area (Å²) in [6.07, 6.45) is -4.46. The highest BCUT2D eigenvalue weighted by Gasteiger charge is 2.38. The summed E-state index contributed by atoms with van der Waals surface area (Å²) < 4.78 is 57.3. The molecule has 0 spiro atoms. The number of methoxy groups -OCH3 is 1. The standard InChI is InChI=1S/C13H12BrF4NO2/c1-21-7-4-5-19(6-7)12(20)10-9(14)3-2-8(11(10)15)13(16,17)18/h2-3,7H,4-6H2,1H3/t7-/m0/s1. The van der Waals surface area contributed by atoms with E-state index in [1.165, 1.54) is 12.0 Å². The van der Waals surface area contributed by atoms with Gasteiger partial charge in [0.2, 0.25) is 0 Å². The minimum absolute atomic E-state index is 0.00105. The highest BCUT2D eigenvalue weighted by molar-refractivity contribution is 9.10. The van der Waals surface area contributed by atoms with Crippen molar-refractivity contribution in [2.45, 2.75) is 18.7 Å². The molecule has 2 rings (SSSR count). The number of hydrogen-bond acceptors (Lipinski definition) is 2. The van der Waals surface area contributed by atoms with Crippen LogP contribution in [0.3, 0.4) is 0 Å². The molecular formula is C13H12BrF4NO2. The molecule has 0 aromatic heterocycles. The summed E-state index contributed by atoms with van der Waals surface area (Å²) in [4.78, 5) is 13.6. The van der Waals surface area contributed by atoms with Gasteiger partial charge in [-0.05, 0) is 34.5 Å². The van der Waals surface area contributed by atoms with E-state index in [0.717, 1.165) is 6.07 Å². The van der Waals surface area contributed by atoms with Gasteiger partial charge in [-0.25, -0.2) is 4.39 Å². The number of rotatable bonds is 2. The van der Waals surface area contributed by atoms with Crippen LogP contribution in [0, 0.1) is 5.82 Å². The van der Waals surface area contributed by atoms with Crippen LogP contribution in [0.2, 0.25) is 0 Å². The van der Waals surface area contributed by atoms with Crippen molar-refractivity contribution in [3.63, 3.8) is 0 Å². The van der Waals surface area contributed by atoms with Crippen LogP contribution in [0.4, 0.5) is 17.6 Å². The maximum absolute atomic E-state index is 14.1. The number of carbonyl (C=O) groups is 1. The Morgan fingerprint density at radius 2 is 2.10 bits per heavy atom. The molecule has 1 amide bonds. The number of likely N-dealkylation sites (tertiary alicyclic amines) is 1. The zero-order valence-electron chi connectivity index (χ0n) is 11.0. The molecule has 21 heavy (non-hydrogen) atoms. The van der Waals surface area contributed by atoms with Crippen LogP contribution >= 0.6 is 15.9 Å². The first kappa shape index (κ1) is 16.2.